The van der Waals surface area contributed by atoms with Crippen LogP contribution in [0.25, 0.3) is 0 Å². The summed E-state index contributed by atoms with van der Waals surface area (Å²) in [6.07, 6.45) is 4.34. The van der Waals surface area contributed by atoms with Crippen molar-refractivity contribution in [2.45, 2.75) is 94.2 Å². The Morgan fingerprint density at radius 1 is 0.500 bits per heavy atom. The maximum atomic E-state index is 6.05. The summed E-state index contributed by atoms with van der Waals surface area (Å²) in [5, 5.41) is 18.9. The summed E-state index contributed by atoms with van der Waals surface area (Å²) in [6.45, 7) is 21.9. The van der Waals surface area contributed by atoms with Crippen molar-refractivity contribution in [3.8, 4) is 11.5 Å². The van der Waals surface area contributed by atoms with Gasteiger partial charge in [-0.1, -0.05) is 38.8 Å². The smallest absolute Gasteiger partial charge is 0.125 e. The van der Waals surface area contributed by atoms with Gasteiger partial charge in [-0.05, 0) is 135 Å². The number of azo groups is 2. The molecule has 2 aliphatic rings. The summed E-state index contributed by atoms with van der Waals surface area (Å²) in [5.41, 5.74) is 15.2. The number of unbranched alkanes of at least 4 members (excludes halogenated alkanes) is 2. The van der Waals surface area contributed by atoms with Crippen LogP contribution in [0.4, 0.5) is 34.1 Å². The van der Waals surface area contributed by atoms with E-state index in [0.29, 0.717) is 0 Å². The highest BCUT2D eigenvalue weighted by Gasteiger charge is 2.28. The van der Waals surface area contributed by atoms with Gasteiger partial charge in [-0.25, -0.2) is 0 Å². The van der Waals surface area contributed by atoms with E-state index < -0.39 is 0 Å². The summed E-state index contributed by atoms with van der Waals surface area (Å²) in [7, 11) is 0. The lowest BCUT2D eigenvalue weighted by Crippen LogP contribution is -2.26. The Morgan fingerprint density at radius 2 is 0.880 bits per heavy atom. The Kier molecular flexibility index (Phi) is 10.8. The monoisotopic (exact) mass is 672 g/mol. The van der Waals surface area contributed by atoms with Crippen molar-refractivity contribution in [3.05, 3.63) is 93.0 Å². The molecule has 0 radical (unpaired) electrons. The van der Waals surface area contributed by atoms with Gasteiger partial charge < -0.3 is 19.3 Å². The molecule has 0 aliphatic carbocycles. The lowest BCUT2D eigenvalue weighted by molar-refractivity contribution is 0.305. The average Bonchev–Trinajstić information content (AvgIpc) is 3.35. The fourth-order valence-corrected chi connectivity index (χ4v) is 7.06. The van der Waals surface area contributed by atoms with E-state index in [0.717, 1.165) is 133 Å². The van der Waals surface area contributed by atoms with Crippen LogP contribution in [0.5, 0.6) is 11.5 Å². The second kappa shape index (κ2) is 15.4. The zero-order valence-corrected chi connectivity index (χ0v) is 31.2. The predicted molar refractivity (Wildman–Crippen MR) is 205 cm³/mol. The fourth-order valence-electron chi connectivity index (χ4n) is 7.06. The third-order valence-corrected chi connectivity index (χ3v) is 9.76. The van der Waals surface area contributed by atoms with Crippen LogP contribution in [0.2, 0.25) is 0 Å². The first-order valence-electron chi connectivity index (χ1n) is 18.2. The molecule has 6 rings (SSSR count). The molecule has 0 amide bonds. The van der Waals surface area contributed by atoms with Gasteiger partial charge in [0.2, 0.25) is 0 Å². The maximum Gasteiger partial charge on any atom is 0.125 e. The minimum atomic E-state index is 0.738. The molecule has 4 aromatic carbocycles. The minimum Gasteiger partial charge on any atom is -0.493 e. The molecular formula is C42H52N6O2. The van der Waals surface area contributed by atoms with Crippen LogP contribution in [0.15, 0.2) is 69.0 Å². The molecule has 0 aromatic heterocycles. The highest BCUT2D eigenvalue weighted by Crippen LogP contribution is 2.42. The molecule has 0 fully saturated rings. The van der Waals surface area contributed by atoms with E-state index in [1.165, 1.54) is 22.5 Å². The maximum absolute atomic E-state index is 6.05. The quantitative estimate of drug-likeness (QED) is 0.111. The van der Waals surface area contributed by atoms with Crippen LogP contribution in [0.3, 0.4) is 0 Å². The zero-order chi connectivity index (χ0) is 35.4. The molecular weight excluding hydrogens is 621 g/mol. The summed E-state index contributed by atoms with van der Waals surface area (Å²) < 4.78 is 12.1. The molecule has 0 spiro atoms. The van der Waals surface area contributed by atoms with E-state index in [2.05, 4.69) is 124 Å². The van der Waals surface area contributed by atoms with Gasteiger partial charge in [-0.2, -0.15) is 20.5 Å². The van der Waals surface area contributed by atoms with Crippen LogP contribution in [0, 0.1) is 41.5 Å². The number of aryl methyl sites for hydroxylation is 6. The van der Waals surface area contributed by atoms with Crippen molar-refractivity contribution in [3.63, 3.8) is 0 Å². The highest BCUT2D eigenvalue weighted by atomic mass is 16.5. The number of anilines is 2. The van der Waals surface area contributed by atoms with Gasteiger partial charge >= 0.3 is 0 Å². The molecule has 0 N–H and O–H groups in total. The largest absolute Gasteiger partial charge is 0.493 e. The molecule has 0 atom stereocenters. The zero-order valence-electron chi connectivity index (χ0n) is 31.2. The van der Waals surface area contributed by atoms with E-state index in [9.17, 15) is 0 Å². The van der Waals surface area contributed by atoms with Gasteiger partial charge in [0.05, 0.1) is 36.0 Å². The molecule has 2 heterocycles. The van der Waals surface area contributed by atoms with Crippen molar-refractivity contribution >= 4 is 34.1 Å². The minimum absolute atomic E-state index is 0.738. The molecule has 0 unspecified atom stereocenters. The first-order valence-corrected chi connectivity index (χ1v) is 18.2. The standard InChI is InChI=1S/C42H52N6O2/c1-9-11-15-49-41-29(5)19-35(20-30(41)6)43-45-37-23-39-33(17-27(37)3)25-48-14-13-47(39)26-34-18-28(4)38(24-40(34)48)46-44-36-21-31(7)42(32(8)22-36)50-16-12-10-2/h17-24H,9-16,25-26H2,1-8H3. The molecule has 0 saturated heterocycles. The van der Waals surface area contributed by atoms with Crippen molar-refractivity contribution in [2.75, 3.05) is 36.1 Å². The molecule has 4 aromatic rings. The van der Waals surface area contributed by atoms with Crippen LogP contribution in [-0.2, 0) is 13.1 Å². The van der Waals surface area contributed by atoms with Crippen molar-refractivity contribution in [1.29, 1.82) is 0 Å². The van der Waals surface area contributed by atoms with Crippen molar-refractivity contribution in [1.82, 2.24) is 0 Å². The average molecular weight is 673 g/mol. The number of hydrogen-bond donors (Lipinski definition) is 0. The Balaban J connectivity index is 1.22. The Morgan fingerprint density at radius 3 is 1.24 bits per heavy atom. The van der Waals surface area contributed by atoms with E-state index in [-0.39, 0.29) is 0 Å². The van der Waals surface area contributed by atoms with Crippen LogP contribution >= 0.6 is 0 Å². The molecule has 8 nitrogen and oxygen atoms in total. The number of nitrogens with zero attached hydrogens (tertiary/aromatic N) is 6. The van der Waals surface area contributed by atoms with Gasteiger partial charge in [0.1, 0.15) is 11.5 Å². The number of hydrogen-bond acceptors (Lipinski definition) is 8. The topological polar surface area (TPSA) is 74.4 Å². The molecule has 2 bridgehead atoms. The van der Waals surface area contributed by atoms with Crippen LogP contribution < -0.4 is 19.3 Å². The summed E-state index contributed by atoms with van der Waals surface area (Å²) in [4.78, 5) is 4.99. The van der Waals surface area contributed by atoms with Gasteiger partial charge in [0.15, 0.2) is 0 Å². The summed E-state index contributed by atoms with van der Waals surface area (Å²) in [6, 6.07) is 17.3. The van der Waals surface area contributed by atoms with Crippen molar-refractivity contribution in [2.24, 2.45) is 20.5 Å². The van der Waals surface area contributed by atoms with E-state index >= 15 is 0 Å². The van der Waals surface area contributed by atoms with E-state index in [1.54, 1.807) is 0 Å². The second-order valence-electron chi connectivity index (χ2n) is 14.0. The predicted octanol–water partition coefficient (Wildman–Crippen LogP) is 12.1. The first kappa shape index (κ1) is 35.1. The van der Waals surface area contributed by atoms with E-state index in [4.69, 9.17) is 19.7 Å². The normalized spacial score (nSPS) is 13.9. The summed E-state index contributed by atoms with van der Waals surface area (Å²) in [5.74, 6) is 1.92. The molecule has 8 heteroatoms. The number of rotatable bonds is 12. The number of benzene rings is 4. The lowest BCUT2D eigenvalue weighted by Gasteiger charge is -2.29. The molecule has 50 heavy (non-hydrogen) atoms. The first-order chi connectivity index (χ1) is 24.1. The highest BCUT2D eigenvalue weighted by molar-refractivity contribution is 5.72. The Bertz CT molecular complexity index is 1750. The number of ether oxygens (including phenoxy) is 2. The molecule has 2 aliphatic heterocycles. The number of fused-ring (bicyclic) bond motifs is 7. The fraction of sp³-hybridized carbons (Fsp3) is 0.429. The third kappa shape index (κ3) is 7.69. The Hall–Kier alpha value is -4.72. The Labute approximate surface area is 298 Å². The van der Waals surface area contributed by atoms with Gasteiger partial charge in [-0.3, -0.25) is 0 Å². The van der Waals surface area contributed by atoms with Gasteiger partial charge in [0.25, 0.3) is 0 Å². The second-order valence-corrected chi connectivity index (χ2v) is 14.0. The van der Waals surface area contributed by atoms with Gasteiger partial charge in [-0.15, -0.1) is 0 Å². The third-order valence-electron chi connectivity index (χ3n) is 9.76. The van der Waals surface area contributed by atoms with Crippen molar-refractivity contribution < 1.29 is 9.47 Å². The summed E-state index contributed by atoms with van der Waals surface area (Å²) >= 11 is 0. The molecule has 0 saturated carbocycles. The SMILES string of the molecule is CCCCOc1c(C)cc(N=Nc2cc3c(cc2C)CN2CCN3Cc3cc(C)c(N=Nc4cc(C)c(OCCCC)c(C)c4)cc32)cc1C. The van der Waals surface area contributed by atoms with Gasteiger partial charge in [0, 0.05) is 37.6 Å². The van der Waals surface area contributed by atoms with Crippen LogP contribution in [0.1, 0.15) is 84.0 Å². The molecule has 262 valence electrons. The lowest BCUT2D eigenvalue weighted by atomic mass is 10.0. The van der Waals surface area contributed by atoms with E-state index in [1.807, 2.05) is 0 Å². The van der Waals surface area contributed by atoms with Crippen LogP contribution in [-0.4, -0.2) is 26.3 Å².